The number of aliphatic carboxylic acids is 1. The molecule has 0 saturated carbocycles. The van der Waals surface area contributed by atoms with Crippen LogP contribution in [0.25, 0.3) is 0 Å². The monoisotopic (exact) mass is 196 g/mol. The number of carboxylic acids is 1. The Balaban J connectivity index is 3.88. The van der Waals surface area contributed by atoms with Crippen molar-refractivity contribution in [1.29, 1.82) is 0 Å². The second-order valence-electron chi connectivity index (χ2n) is 1.75. The van der Waals surface area contributed by atoms with Crippen LogP contribution in [0.2, 0.25) is 10.9 Å². The SMILES string of the molecule is CO[As](C)(=O)CC(=O)O. The number of hydrogen-bond donors (Lipinski definition) is 1. The minimum atomic E-state index is -3.40. The van der Waals surface area contributed by atoms with Crippen molar-refractivity contribution in [2.75, 3.05) is 7.11 Å². The summed E-state index contributed by atoms with van der Waals surface area (Å²) in [7, 11) is 1.27. The zero-order valence-electron chi connectivity index (χ0n) is 5.33. The molecule has 0 spiro atoms. The van der Waals surface area contributed by atoms with Crippen LogP contribution in [-0.4, -0.2) is 32.0 Å². The molecule has 0 aromatic carbocycles. The zero-order chi connectivity index (χ0) is 7.49. The summed E-state index contributed by atoms with van der Waals surface area (Å²) in [6.45, 7) is 0. The van der Waals surface area contributed by atoms with E-state index in [1.54, 1.807) is 0 Å². The van der Waals surface area contributed by atoms with Crippen molar-refractivity contribution in [3.05, 3.63) is 0 Å². The van der Waals surface area contributed by atoms with Gasteiger partial charge < -0.3 is 0 Å². The molecule has 1 atom stereocenters. The van der Waals surface area contributed by atoms with Crippen molar-refractivity contribution < 1.29 is 17.4 Å². The van der Waals surface area contributed by atoms with Gasteiger partial charge in [-0.05, 0) is 0 Å². The third kappa shape index (κ3) is 4.30. The van der Waals surface area contributed by atoms with Crippen molar-refractivity contribution in [2.24, 2.45) is 0 Å². The summed E-state index contributed by atoms with van der Waals surface area (Å²) in [6, 6.07) is 0. The summed E-state index contributed by atoms with van der Waals surface area (Å²) in [6.07, 6.45) is 0. The van der Waals surface area contributed by atoms with Gasteiger partial charge in [-0.1, -0.05) is 0 Å². The van der Waals surface area contributed by atoms with Gasteiger partial charge in [0.15, 0.2) is 0 Å². The third-order valence-electron chi connectivity index (χ3n) is 0.809. The molecule has 0 aromatic rings. The molecule has 0 bridgehead atoms. The molecular formula is C4H9AsO4. The molecule has 0 rings (SSSR count). The molecule has 0 heterocycles. The van der Waals surface area contributed by atoms with Crippen LogP contribution in [0.4, 0.5) is 0 Å². The Bertz CT molecular complexity index is 153. The molecular weight excluding hydrogens is 187 g/mol. The number of carbonyl (C=O) groups is 1. The first kappa shape index (κ1) is 8.79. The van der Waals surface area contributed by atoms with Gasteiger partial charge in [0.25, 0.3) is 0 Å². The molecule has 0 saturated heterocycles. The Morgan fingerprint density at radius 2 is 2.22 bits per heavy atom. The molecule has 0 aliphatic heterocycles. The molecule has 0 fully saturated rings. The Kier molecular flexibility index (Phi) is 3.01. The van der Waals surface area contributed by atoms with Crippen molar-refractivity contribution in [2.45, 2.75) is 10.9 Å². The first-order valence-corrected chi connectivity index (χ1v) is 7.05. The molecule has 0 radical (unpaired) electrons. The fourth-order valence-electron chi connectivity index (χ4n) is 0.310. The zero-order valence-corrected chi connectivity index (χ0v) is 7.20. The van der Waals surface area contributed by atoms with Gasteiger partial charge >= 0.3 is 55.2 Å². The van der Waals surface area contributed by atoms with E-state index in [1.807, 2.05) is 0 Å². The predicted octanol–water partition coefficient (Wildman–Crippen LogP) is 0.220. The van der Waals surface area contributed by atoms with E-state index in [9.17, 15) is 8.53 Å². The fraction of sp³-hybridized carbons (Fsp3) is 0.750. The van der Waals surface area contributed by atoms with E-state index < -0.39 is 19.8 Å². The van der Waals surface area contributed by atoms with Gasteiger partial charge in [0.2, 0.25) is 0 Å². The first-order chi connectivity index (χ1) is 3.98. The summed E-state index contributed by atoms with van der Waals surface area (Å²) in [5, 5.41) is 7.80. The van der Waals surface area contributed by atoms with Crippen molar-refractivity contribution in [3.63, 3.8) is 0 Å². The Morgan fingerprint density at radius 3 is 2.33 bits per heavy atom. The Morgan fingerprint density at radius 1 is 1.78 bits per heavy atom. The van der Waals surface area contributed by atoms with Gasteiger partial charge in [0.05, 0.1) is 0 Å². The van der Waals surface area contributed by atoms with Gasteiger partial charge in [-0.3, -0.25) is 0 Å². The molecule has 54 valence electrons. The van der Waals surface area contributed by atoms with E-state index in [-0.39, 0.29) is 5.21 Å². The fourth-order valence-corrected chi connectivity index (χ4v) is 1.61. The third-order valence-corrected chi connectivity index (χ3v) is 4.20. The van der Waals surface area contributed by atoms with Crippen LogP contribution in [0.5, 0.6) is 0 Å². The van der Waals surface area contributed by atoms with Crippen LogP contribution >= 0.6 is 0 Å². The summed E-state index contributed by atoms with van der Waals surface area (Å²) < 4.78 is 15.3. The molecule has 1 N–H and O–H groups in total. The van der Waals surface area contributed by atoms with E-state index in [0.717, 1.165) is 0 Å². The van der Waals surface area contributed by atoms with E-state index >= 15 is 0 Å². The molecule has 0 aromatic heterocycles. The topological polar surface area (TPSA) is 63.6 Å². The van der Waals surface area contributed by atoms with Crippen molar-refractivity contribution in [3.8, 4) is 0 Å². The van der Waals surface area contributed by atoms with Crippen molar-refractivity contribution in [1.82, 2.24) is 0 Å². The number of carboxylic acid groups (broad SMARTS) is 1. The minimum absolute atomic E-state index is 0.339. The standard InChI is InChI=1S/C4H9AsO4/c1-5(8,9-2)3-4(6)7/h3H2,1-2H3,(H,6,7). The van der Waals surface area contributed by atoms with Gasteiger partial charge in [0.1, 0.15) is 0 Å². The van der Waals surface area contributed by atoms with Crippen molar-refractivity contribution >= 4 is 19.8 Å². The van der Waals surface area contributed by atoms with Gasteiger partial charge in [0, 0.05) is 0 Å². The normalized spacial score (nSPS) is 16.7. The van der Waals surface area contributed by atoms with Gasteiger partial charge in [-0.2, -0.15) is 0 Å². The van der Waals surface area contributed by atoms with Crippen LogP contribution in [0.15, 0.2) is 0 Å². The maximum absolute atomic E-state index is 10.9. The van der Waals surface area contributed by atoms with Crippen LogP contribution in [0.3, 0.4) is 0 Å². The van der Waals surface area contributed by atoms with Crippen LogP contribution < -0.4 is 0 Å². The molecule has 9 heavy (non-hydrogen) atoms. The van der Waals surface area contributed by atoms with E-state index in [0.29, 0.717) is 0 Å². The molecule has 4 nitrogen and oxygen atoms in total. The molecule has 1 unspecified atom stereocenters. The van der Waals surface area contributed by atoms with Crippen LogP contribution in [-0.2, 0) is 12.3 Å². The van der Waals surface area contributed by atoms with Crippen LogP contribution in [0.1, 0.15) is 0 Å². The summed E-state index contributed by atoms with van der Waals surface area (Å²) >= 11 is -3.40. The summed E-state index contributed by atoms with van der Waals surface area (Å²) in [4.78, 5) is 9.94. The molecule has 5 heteroatoms. The second-order valence-corrected chi connectivity index (χ2v) is 7.43. The molecule has 0 aliphatic carbocycles. The second kappa shape index (κ2) is 3.08. The van der Waals surface area contributed by atoms with E-state index in [1.165, 1.54) is 12.8 Å². The number of hydrogen-bond acceptors (Lipinski definition) is 3. The molecule has 0 amide bonds. The Labute approximate surface area is 55.8 Å². The quantitative estimate of drug-likeness (QED) is 0.655. The summed E-state index contributed by atoms with van der Waals surface area (Å²) in [5.74, 6) is -1.07. The summed E-state index contributed by atoms with van der Waals surface area (Å²) in [5.41, 5.74) is 1.35. The first-order valence-electron chi connectivity index (χ1n) is 2.32. The number of rotatable bonds is 3. The van der Waals surface area contributed by atoms with Gasteiger partial charge in [-0.25, -0.2) is 0 Å². The van der Waals surface area contributed by atoms with E-state index in [4.69, 9.17) is 5.11 Å². The maximum atomic E-state index is 10.9. The van der Waals surface area contributed by atoms with Crippen LogP contribution in [0, 0.1) is 0 Å². The van der Waals surface area contributed by atoms with E-state index in [2.05, 4.69) is 3.73 Å². The average molecular weight is 196 g/mol. The predicted molar refractivity (Wildman–Crippen MR) is 31.8 cm³/mol. The Hall–Kier alpha value is -0.212. The average Bonchev–Trinajstić information content (AvgIpc) is 1.63. The van der Waals surface area contributed by atoms with Gasteiger partial charge in [-0.15, -0.1) is 0 Å². The molecule has 0 aliphatic rings.